The Kier molecular flexibility index (Phi) is 6.61. The van der Waals surface area contributed by atoms with Crippen LogP contribution in [0.4, 0.5) is 5.00 Å². The number of anilines is 1. The van der Waals surface area contributed by atoms with Crippen LogP contribution >= 0.6 is 11.3 Å². The number of hydrogen-bond acceptors (Lipinski definition) is 6. The van der Waals surface area contributed by atoms with Crippen molar-refractivity contribution in [3.8, 4) is 17.5 Å². The highest BCUT2D eigenvalue weighted by atomic mass is 32.1. The van der Waals surface area contributed by atoms with Gasteiger partial charge in [0, 0.05) is 16.1 Å². The second-order valence-electron chi connectivity index (χ2n) is 8.19. The van der Waals surface area contributed by atoms with E-state index in [1.165, 1.54) is 16.2 Å². The van der Waals surface area contributed by atoms with Crippen LogP contribution in [0.5, 0.6) is 0 Å². The Balaban J connectivity index is 1.44. The molecule has 2 aromatic heterocycles. The third-order valence-corrected chi connectivity index (χ3v) is 7.16. The molecule has 1 aliphatic rings. The molecule has 1 unspecified atom stereocenters. The number of carbonyl (C=O) groups is 2. The van der Waals surface area contributed by atoms with Gasteiger partial charge in [-0.3, -0.25) is 4.79 Å². The maximum atomic E-state index is 12.9. The SMILES string of the molecule is CCC(OC(=O)c1ccc(-c2nc(C)c(C)[nH]2)cc1)C(=O)Nc1sc2c(c1C#N)CCCC2. The van der Waals surface area contributed by atoms with Crippen LogP contribution in [0.3, 0.4) is 0 Å². The van der Waals surface area contributed by atoms with E-state index in [1.807, 2.05) is 13.8 Å². The third-order valence-electron chi connectivity index (χ3n) is 5.95. The molecule has 2 N–H and O–H groups in total. The van der Waals surface area contributed by atoms with E-state index in [1.54, 1.807) is 31.2 Å². The molecule has 0 radical (unpaired) electrons. The molecule has 0 spiro atoms. The molecule has 0 saturated carbocycles. The number of nitriles is 1. The smallest absolute Gasteiger partial charge is 0.338 e. The molecule has 170 valence electrons. The Hall–Kier alpha value is -3.44. The van der Waals surface area contributed by atoms with E-state index in [4.69, 9.17) is 4.74 Å². The summed E-state index contributed by atoms with van der Waals surface area (Å²) in [6.45, 7) is 5.67. The monoisotopic (exact) mass is 462 g/mol. The number of amides is 1. The molecule has 1 aliphatic carbocycles. The summed E-state index contributed by atoms with van der Waals surface area (Å²) in [5.41, 5.74) is 4.74. The van der Waals surface area contributed by atoms with Gasteiger partial charge in [0.25, 0.3) is 5.91 Å². The van der Waals surface area contributed by atoms with Crippen LogP contribution in [0.15, 0.2) is 24.3 Å². The number of nitrogens with zero attached hydrogens (tertiary/aromatic N) is 2. The van der Waals surface area contributed by atoms with Crippen molar-refractivity contribution in [2.45, 2.75) is 59.0 Å². The fraction of sp³-hybridized carbons (Fsp3) is 0.360. The highest BCUT2D eigenvalue weighted by Crippen LogP contribution is 2.37. The van der Waals surface area contributed by atoms with Gasteiger partial charge < -0.3 is 15.0 Å². The fourth-order valence-electron chi connectivity index (χ4n) is 3.93. The average molecular weight is 463 g/mol. The number of aromatic amines is 1. The molecule has 3 aromatic rings. The van der Waals surface area contributed by atoms with Crippen molar-refractivity contribution in [1.82, 2.24) is 9.97 Å². The molecular weight excluding hydrogens is 436 g/mol. The molecule has 7 nitrogen and oxygen atoms in total. The Morgan fingerprint density at radius 3 is 2.61 bits per heavy atom. The van der Waals surface area contributed by atoms with E-state index >= 15 is 0 Å². The Morgan fingerprint density at radius 1 is 1.24 bits per heavy atom. The van der Waals surface area contributed by atoms with Gasteiger partial charge in [-0.1, -0.05) is 19.1 Å². The van der Waals surface area contributed by atoms with Crippen LogP contribution in [0.1, 0.15) is 63.9 Å². The van der Waals surface area contributed by atoms with E-state index in [-0.39, 0.29) is 0 Å². The normalized spacial score (nSPS) is 13.6. The molecule has 0 aliphatic heterocycles. The number of nitrogens with one attached hydrogen (secondary N) is 2. The molecule has 0 bridgehead atoms. The van der Waals surface area contributed by atoms with Crippen molar-refractivity contribution < 1.29 is 14.3 Å². The van der Waals surface area contributed by atoms with Crippen molar-refractivity contribution in [2.24, 2.45) is 0 Å². The Bertz CT molecular complexity index is 1210. The second-order valence-corrected chi connectivity index (χ2v) is 9.30. The zero-order valence-electron chi connectivity index (χ0n) is 18.9. The summed E-state index contributed by atoms with van der Waals surface area (Å²) < 4.78 is 5.51. The number of ether oxygens (including phenoxy) is 1. The number of imidazole rings is 1. The van der Waals surface area contributed by atoms with E-state index in [0.717, 1.165) is 54.0 Å². The number of rotatable bonds is 6. The zero-order valence-corrected chi connectivity index (χ0v) is 19.8. The van der Waals surface area contributed by atoms with Crippen LogP contribution in [0.25, 0.3) is 11.4 Å². The van der Waals surface area contributed by atoms with Crippen LogP contribution < -0.4 is 5.32 Å². The lowest BCUT2D eigenvalue weighted by Crippen LogP contribution is -2.32. The molecule has 0 saturated heterocycles. The minimum atomic E-state index is -0.946. The standard InChI is InChI=1S/C25H26N4O3S/c1-4-20(23(30)29-24-19(13-26)18-7-5-6-8-21(18)33-24)32-25(31)17-11-9-16(10-12-17)22-27-14(2)15(3)28-22/h9-12,20H,4-8H2,1-3H3,(H,27,28)(H,29,30). The van der Waals surface area contributed by atoms with Crippen LogP contribution in [-0.4, -0.2) is 27.9 Å². The van der Waals surface area contributed by atoms with Crippen LogP contribution in [0.2, 0.25) is 0 Å². The van der Waals surface area contributed by atoms with Gasteiger partial charge in [-0.15, -0.1) is 11.3 Å². The number of carbonyl (C=O) groups excluding carboxylic acids is 2. The predicted octanol–water partition coefficient (Wildman–Crippen LogP) is 5.08. The number of esters is 1. The van der Waals surface area contributed by atoms with Gasteiger partial charge in [0.2, 0.25) is 0 Å². The second kappa shape index (κ2) is 9.59. The fourth-order valence-corrected chi connectivity index (χ4v) is 5.18. The van der Waals surface area contributed by atoms with E-state index < -0.39 is 18.0 Å². The van der Waals surface area contributed by atoms with Gasteiger partial charge in [-0.05, 0) is 63.6 Å². The largest absolute Gasteiger partial charge is 0.449 e. The molecule has 1 aromatic carbocycles. The minimum Gasteiger partial charge on any atom is -0.449 e. The predicted molar refractivity (Wildman–Crippen MR) is 127 cm³/mol. The zero-order chi connectivity index (χ0) is 23.5. The van der Waals surface area contributed by atoms with E-state index in [2.05, 4.69) is 21.4 Å². The number of fused-ring (bicyclic) bond motifs is 1. The Morgan fingerprint density at radius 2 is 1.97 bits per heavy atom. The van der Waals surface area contributed by atoms with Crippen molar-refractivity contribution in [2.75, 3.05) is 5.32 Å². The summed E-state index contributed by atoms with van der Waals surface area (Å²) in [7, 11) is 0. The number of aromatic nitrogens is 2. The number of H-pyrrole nitrogens is 1. The maximum Gasteiger partial charge on any atom is 0.338 e. The molecule has 1 amide bonds. The van der Waals surface area contributed by atoms with Crippen molar-refractivity contribution >= 4 is 28.2 Å². The summed E-state index contributed by atoms with van der Waals surface area (Å²) in [4.78, 5) is 34.4. The van der Waals surface area contributed by atoms with E-state index in [0.29, 0.717) is 22.5 Å². The lowest BCUT2D eigenvalue weighted by Gasteiger charge is -2.16. The van der Waals surface area contributed by atoms with Crippen molar-refractivity contribution in [3.05, 3.63) is 57.2 Å². The van der Waals surface area contributed by atoms with Crippen molar-refractivity contribution in [3.63, 3.8) is 0 Å². The summed E-state index contributed by atoms with van der Waals surface area (Å²) in [6, 6.07) is 9.16. The summed E-state index contributed by atoms with van der Waals surface area (Å²) in [5, 5.41) is 13.0. The maximum absolute atomic E-state index is 12.9. The quantitative estimate of drug-likeness (QED) is 0.497. The number of thiophene rings is 1. The van der Waals surface area contributed by atoms with E-state index in [9.17, 15) is 14.9 Å². The third kappa shape index (κ3) is 4.69. The lowest BCUT2D eigenvalue weighted by atomic mass is 9.96. The first-order valence-corrected chi connectivity index (χ1v) is 11.9. The lowest BCUT2D eigenvalue weighted by molar-refractivity contribution is -0.124. The molecule has 2 heterocycles. The molecule has 8 heteroatoms. The minimum absolute atomic E-state index is 0.327. The summed E-state index contributed by atoms with van der Waals surface area (Å²) in [5.74, 6) is -0.247. The van der Waals surface area contributed by atoms with Gasteiger partial charge in [0.1, 0.15) is 16.9 Å². The number of aryl methyl sites for hydroxylation is 3. The van der Waals surface area contributed by atoms with Crippen molar-refractivity contribution in [1.29, 1.82) is 5.26 Å². The van der Waals surface area contributed by atoms with Crippen LogP contribution in [0, 0.1) is 25.2 Å². The van der Waals surface area contributed by atoms with Crippen LogP contribution in [-0.2, 0) is 22.4 Å². The molecule has 33 heavy (non-hydrogen) atoms. The first-order chi connectivity index (χ1) is 15.9. The van der Waals surface area contributed by atoms with Gasteiger partial charge in [0.15, 0.2) is 6.10 Å². The molecule has 1 atom stereocenters. The van der Waals surface area contributed by atoms with Gasteiger partial charge in [-0.25, -0.2) is 9.78 Å². The Labute approximate surface area is 196 Å². The summed E-state index contributed by atoms with van der Waals surface area (Å²) >= 11 is 1.46. The first kappa shape index (κ1) is 22.7. The van der Waals surface area contributed by atoms with Gasteiger partial charge in [0.05, 0.1) is 16.8 Å². The molecular formula is C25H26N4O3S. The number of benzene rings is 1. The topological polar surface area (TPSA) is 108 Å². The number of hydrogen-bond donors (Lipinski definition) is 2. The molecule has 0 fully saturated rings. The van der Waals surface area contributed by atoms with Gasteiger partial charge >= 0.3 is 5.97 Å². The molecule has 4 rings (SSSR count). The highest BCUT2D eigenvalue weighted by Gasteiger charge is 2.26. The first-order valence-electron chi connectivity index (χ1n) is 11.1. The van der Waals surface area contributed by atoms with Gasteiger partial charge in [-0.2, -0.15) is 5.26 Å². The average Bonchev–Trinajstić information content (AvgIpc) is 3.35. The summed E-state index contributed by atoms with van der Waals surface area (Å²) in [6.07, 6.45) is 3.33. The highest BCUT2D eigenvalue weighted by molar-refractivity contribution is 7.16.